The number of benzene rings is 3. The Morgan fingerprint density at radius 2 is 1.53 bits per heavy atom. The molecule has 0 aromatic heterocycles. The van der Waals surface area contributed by atoms with Gasteiger partial charge in [-0.1, -0.05) is 54.1 Å². The molecule has 4 nitrogen and oxygen atoms in total. The van der Waals surface area contributed by atoms with E-state index in [0.717, 1.165) is 19.4 Å². The van der Waals surface area contributed by atoms with Crippen molar-refractivity contribution < 1.29 is 14.3 Å². The minimum Gasteiger partial charge on any atom is -0.395 e. The van der Waals surface area contributed by atoms with Gasteiger partial charge in [0.2, 0.25) is 0 Å². The van der Waals surface area contributed by atoms with E-state index in [1.165, 1.54) is 34.4 Å². The highest BCUT2D eigenvalue weighted by molar-refractivity contribution is 5.94. The smallest absolute Gasteiger partial charge is 0.253 e. The third-order valence-electron chi connectivity index (χ3n) is 7.43. The molecule has 2 aliphatic heterocycles. The zero-order valence-corrected chi connectivity index (χ0v) is 19.5. The molecule has 0 bridgehead atoms. The molecule has 5 heteroatoms. The van der Waals surface area contributed by atoms with Gasteiger partial charge in [-0.2, -0.15) is 0 Å². The summed E-state index contributed by atoms with van der Waals surface area (Å²) < 4.78 is 13.4. The zero-order chi connectivity index (χ0) is 23.7. The van der Waals surface area contributed by atoms with Gasteiger partial charge in [0.25, 0.3) is 5.91 Å². The van der Waals surface area contributed by atoms with Crippen LogP contribution in [0.25, 0.3) is 11.1 Å². The number of aryl methyl sites for hydroxylation is 1. The van der Waals surface area contributed by atoms with Gasteiger partial charge in [-0.05, 0) is 67.3 Å². The Labute approximate surface area is 200 Å². The van der Waals surface area contributed by atoms with E-state index in [2.05, 4.69) is 60.4 Å². The molecule has 1 N–H and O–H groups in total. The van der Waals surface area contributed by atoms with E-state index in [0.29, 0.717) is 18.7 Å². The van der Waals surface area contributed by atoms with Crippen molar-refractivity contribution >= 4 is 5.91 Å². The summed E-state index contributed by atoms with van der Waals surface area (Å²) in [5.74, 6) is -0.226. The standard InChI is InChI=1S/C29H31FN2O2/c1-20-4-6-21(7-5-20)22-8-10-23(11-9-22)28-26-18-31(16-2-3-17-32(26)27(28)19-33)29(34)24-12-14-25(30)15-13-24/h4-15,26-28,33H,2-3,16-19H2,1H3/t26-,27-,28-/m0/s1. The van der Waals surface area contributed by atoms with Crippen LogP contribution in [0.3, 0.4) is 0 Å². The predicted octanol–water partition coefficient (Wildman–Crippen LogP) is 4.87. The minimum absolute atomic E-state index is 0.0530. The Morgan fingerprint density at radius 3 is 2.18 bits per heavy atom. The number of halogens is 1. The number of aliphatic hydroxyl groups excluding tert-OH is 1. The Bertz CT molecular complexity index is 1130. The Kier molecular flexibility index (Phi) is 6.48. The fraction of sp³-hybridized carbons (Fsp3) is 0.345. The molecule has 2 fully saturated rings. The molecule has 34 heavy (non-hydrogen) atoms. The summed E-state index contributed by atoms with van der Waals surface area (Å²) >= 11 is 0. The summed E-state index contributed by atoms with van der Waals surface area (Å²) in [5, 5.41) is 10.2. The van der Waals surface area contributed by atoms with Gasteiger partial charge in [0.05, 0.1) is 6.61 Å². The van der Waals surface area contributed by atoms with Crippen molar-refractivity contribution in [3.05, 3.63) is 95.3 Å². The first-order valence-corrected chi connectivity index (χ1v) is 12.1. The van der Waals surface area contributed by atoms with Crippen LogP contribution in [0, 0.1) is 12.7 Å². The summed E-state index contributed by atoms with van der Waals surface area (Å²) in [6, 6.07) is 23.2. The van der Waals surface area contributed by atoms with E-state index in [4.69, 9.17) is 0 Å². The van der Waals surface area contributed by atoms with Crippen LogP contribution >= 0.6 is 0 Å². The van der Waals surface area contributed by atoms with Gasteiger partial charge in [0, 0.05) is 36.7 Å². The average molecular weight is 459 g/mol. The van der Waals surface area contributed by atoms with E-state index in [-0.39, 0.29) is 36.3 Å². The highest BCUT2D eigenvalue weighted by Gasteiger charge is 2.49. The van der Waals surface area contributed by atoms with Crippen molar-refractivity contribution in [2.75, 3.05) is 26.2 Å². The van der Waals surface area contributed by atoms with Crippen molar-refractivity contribution in [3.8, 4) is 11.1 Å². The molecule has 0 aliphatic carbocycles. The van der Waals surface area contributed by atoms with Gasteiger partial charge in [0.15, 0.2) is 0 Å². The molecule has 2 aliphatic rings. The SMILES string of the molecule is Cc1ccc(-c2ccc([C@@H]3[C@H](CO)N4CCCCN(C(=O)c5ccc(F)cc5)C[C@@H]34)cc2)cc1. The third-order valence-corrected chi connectivity index (χ3v) is 7.43. The number of fused-ring (bicyclic) bond motifs is 1. The van der Waals surface area contributed by atoms with Crippen LogP contribution < -0.4 is 0 Å². The summed E-state index contributed by atoms with van der Waals surface area (Å²) in [6.45, 7) is 4.43. The lowest BCUT2D eigenvalue weighted by molar-refractivity contribution is -0.0606. The second-order valence-corrected chi connectivity index (χ2v) is 9.53. The monoisotopic (exact) mass is 458 g/mol. The van der Waals surface area contributed by atoms with Crippen LogP contribution in [-0.2, 0) is 0 Å². The maximum absolute atomic E-state index is 13.4. The van der Waals surface area contributed by atoms with Crippen molar-refractivity contribution in [1.29, 1.82) is 0 Å². The summed E-state index contributed by atoms with van der Waals surface area (Å²) in [5.41, 5.74) is 5.32. The van der Waals surface area contributed by atoms with Crippen LogP contribution in [0.2, 0.25) is 0 Å². The number of hydrogen-bond acceptors (Lipinski definition) is 3. The maximum Gasteiger partial charge on any atom is 0.253 e. The number of rotatable bonds is 4. The molecule has 0 saturated carbocycles. The summed E-state index contributed by atoms with van der Waals surface area (Å²) in [6.07, 6.45) is 1.91. The second kappa shape index (κ2) is 9.69. The molecule has 2 saturated heterocycles. The van der Waals surface area contributed by atoms with E-state index < -0.39 is 0 Å². The first-order valence-electron chi connectivity index (χ1n) is 12.1. The largest absolute Gasteiger partial charge is 0.395 e. The molecule has 0 radical (unpaired) electrons. The highest BCUT2D eigenvalue weighted by atomic mass is 19.1. The van der Waals surface area contributed by atoms with Crippen LogP contribution in [0.1, 0.15) is 40.2 Å². The number of carbonyl (C=O) groups is 1. The van der Waals surface area contributed by atoms with Crippen molar-refractivity contribution in [2.24, 2.45) is 0 Å². The molecule has 0 spiro atoms. The van der Waals surface area contributed by atoms with E-state index >= 15 is 0 Å². The number of aliphatic hydroxyl groups is 1. The number of nitrogens with zero attached hydrogens (tertiary/aromatic N) is 2. The van der Waals surface area contributed by atoms with Crippen LogP contribution in [0.15, 0.2) is 72.8 Å². The van der Waals surface area contributed by atoms with Crippen LogP contribution in [0.4, 0.5) is 4.39 Å². The van der Waals surface area contributed by atoms with E-state index in [1.54, 1.807) is 12.1 Å². The minimum atomic E-state index is -0.339. The lowest BCUT2D eigenvalue weighted by Gasteiger charge is -2.57. The fourth-order valence-electron chi connectivity index (χ4n) is 5.54. The van der Waals surface area contributed by atoms with Gasteiger partial charge < -0.3 is 10.0 Å². The molecule has 1 amide bonds. The normalized spacial score (nSPS) is 22.9. The van der Waals surface area contributed by atoms with Gasteiger partial charge in [0.1, 0.15) is 5.82 Å². The summed E-state index contributed by atoms with van der Waals surface area (Å²) in [4.78, 5) is 17.5. The van der Waals surface area contributed by atoms with E-state index in [1.807, 2.05) is 4.90 Å². The molecule has 3 aromatic carbocycles. The van der Waals surface area contributed by atoms with Gasteiger partial charge in [-0.25, -0.2) is 4.39 Å². The first kappa shape index (κ1) is 22.8. The Balaban J connectivity index is 1.38. The first-order chi connectivity index (χ1) is 16.5. The summed E-state index contributed by atoms with van der Waals surface area (Å²) in [7, 11) is 0. The number of hydrogen-bond donors (Lipinski definition) is 1. The van der Waals surface area contributed by atoms with Crippen LogP contribution in [0.5, 0.6) is 0 Å². The number of carbonyl (C=O) groups excluding carboxylic acids is 1. The predicted molar refractivity (Wildman–Crippen MR) is 132 cm³/mol. The maximum atomic E-state index is 13.4. The number of amides is 1. The lowest BCUT2D eigenvalue weighted by Crippen LogP contribution is -2.67. The van der Waals surface area contributed by atoms with E-state index in [9.17, 15) is 14.3 Å². The topological polar surface area (TPSA) is 43.8 Å². The molecule has 2 heterocycles. The lowest BCUT2D eigenvalue weighted by atomic mass is 9.74. The van der Waals surface area contributed by atoms with Crippen molar-refractivity contribution in [1.82, 2.24) is 9.80 Å². The molecule has 176 valence electrons. The second-order valence-electron chi connectivity index (χ2n) is 9.53. The third kappa shape index (κ3) is 4.38. The molecule has 3 atom stereocenters. The zero-order valence-electron chi connectivity index (χ0n) is 19.5. The highest BCUT2D eigenvalue weighted by Crippen LogP contribution is 2.42. The molecular formula is C29H31FN2O2. The average Bonchev–Trinajstić information content (AvgIpc) is 2.84. The van der Waals surface area contributed by atoms with Gasteiger partial charge >= 0.3 is 0 Å². The van der Waals surface area contributed by atoms with Crippen LogP contribution in [-0.4, -0.2) is 59.1 Å². The van der Waals surface area contributed by atoms with Crippen molar-refractivity contribution in [3.63, 3.8) is 0 Å². The Morgan fingerprint density at radius 1 is 0.912 bits per heavy atom. The molecule has 3 aromatic rings. The molecular weight excluding hydrogens is 427 g/mol. The molecule has 0 unspecified atom stereocenters. The van der Waals surface area contributed by atoms with Gasteiger partial charge in [-0.15, -0.1) is 0 Å². The van der Waals surface area contributed by atoms with Gasteiger partial charge in [-0.3, -0.25) is 9.69 Å². The quantitative estimate of drug-likeness (QED) is 0.607. The molecule has 5 rings (SSSR count). The Hall–Kier alpha value is -3.02. The fourth-order valence-corrected chi connectivity index (χ4v) is 5.54. The van der Waals surface area contributed by atoms with Crippen molar-refractivity contribution in [2.45, 2.75) is 37.8 Å².